The number of hydrogen-bond acceptors (Lipinski definition) is 3. The van der Waals surface area contributed by atoms with E-state index in [0.29, 0.717) is 31.3 Å². The van der Waals surface area contributed by atoms with Gasteiger partial charge in [0.2, 0.25) is 0 Å². The molecule has 0 unspecified atom stereocenters. The monoisotopic (exact) mass is 402 g/mol. The minimum absolute atomic E-state index is 0.545. The van der Waals surface area contributed by atoms with Crippen molar-refractivity contribution in [3.8, 4) is 11.4 Å². The summed E-state index contributed by atoms with van der Waals surface area (Å²) in [5.41, 5.74) is 2.16. The van der Waals surface area contributed by atoms with E-state index in [4.69, 9.17) is 0 Å². The third-order valence-corrected chi connectivity index (χ3v) is 4.29. The van der Waals surface area contributed by atoms with Crippen molar-refractivity contribution < 1.29 is 13.2 Å². The SMILES string of the molecule is CN=C(NCCc1ccc(C(F)(F)F)cc1)NCc1cccc(-c2ncn[nH]2)c1. The molecule has 0 saturated heterocycles. The van der Waals surface area contributed by atoms with Crippen LogP contribution in [-0.4, -0.2) is 34.7 Å². The second kappa shape index (κ2) is 9.22. The van der Waals surface area contributed by atoms with Gasteiger partial charge in [-0.15, -0.1) is 0 Å². The summed E-state index contributed by atoms with van der Waals surface area (Å²) >= 11 is 0. The highest BCUT2D eigenvalue weighted by Gasteiger charge is 2.29. The van der Waals surface area contributed by atoms with Gasteiger partial charge in [-0.3, -0.25) is 10.1 Å². The first-order chi connectivity index (χ1) is 14.0. The van der Waals surface area contributed by atoms with Crippen molar-refractivity contribution >= 4 is 5.96 Å². The van der Waals surface area contributed by atoms with Gasteiger partial charge in [0.1, 0.15) is 6.33 Å². The number of guanidine groups is 1. The molecule has 3 aromatic rings. The maximum Gasteiger partial charge on any atom is 0.416 e. The molecule has 1 heterocycles. The van der Waals surface area contributed by atoms with Crippen LogP contribution in [-0.2, 0) is 19.1 Å². The molecule has 0 aliphatic rings. The van der Waals surface area contributed by atoms with Gasteiger partial charge in [-0.2, -0.15) is 18.3 Å². The van der Waals surface area contributed by atoms with E-state index in [-0.39, 0.29) is 0 Å². The Morgan fingerprint density at radius 3 is 2.52 bits per heavy atom. The molecule has 0 atom stereocenters. The van der Waals surface area contributed by atoms with Crippen molar-refractivity contribution in [2.45, 2.75) is 19.1 Å². The highest BCUT2D eigenvalue weighted by Crippen LogP contribution is 2.29. The van der Waals surface area contributed by atoms with E-state index in [1.165, 1.54) is 18.5 Å². The average molecular weight is 402 g/mol. The van der Waals surface area contributed by atoms with Crippen LogP contribution in [0.5, 0.6) is 0 Å². The molecule has 6 nitrogen and oxygen atoms in total. The van der Waals surface area contributed by atoms with Crippen molar-refractivity contribution in [2.75, 3.05) is 13.6 Å². The number of benzene rings is 2. The molecule has 2 aromatic carbocycles. The molecule has 0 fully saturated rings. The molecule has 0 aliphatic heterocycles. The number of aromatic nitrogens is 3. The molecule has 9 heteroatoms. The van der Waals surface area contributed by atoms with Crippen LogP contribution >= 0.6 is 0 Å². The molecule has 0 saturated carbocycles. The minimum atomic E-state index is -4.31. The number of aromatic amines is 1. The fourth-order valence-corrected chi connectivity index (χ4v) is 2.77. The molecular weight excluding hydrogens is 381 g/mol. The summed E-state index contributed by atoms with van der Waals surface area (Å²) in [7, 11) is 1.67. The van der Waals surface area contributed by atoms with Crippen molar-refractivity contribution in [1.29, 1.82) is 0 Å². The van der Waals surface area contributed by atoms with Gasteiger partial charge in [0.05, 0.1) is 5.56 Å². The Morgan fingerprint density at radius 1 is 1.07 bits per heavy atom. The number of hydrogen-bond donors (Lipinski definition) is 3. The van der Waals surface area contributed by atoms with Crippen molar-refractivity contribution in [3.63, 3.8) is 0 Å². The van der Waals surface area contributed by atoms with Crippen LogP contribution in [0.2, 0.25) is 0 Å². The third kappa shape index (κ3) is 5.81. The van der Waals surface area contributed by atoms with Crippen molar-refractivity contribution in [2.24, 2.45) is 4.99 Å². The lowest BCUT2D eigenvalue weighted by Crippen LogP contribution is -2.37. The number of alkyl halides is 3. The quantitative estimate of drug-likeness (QED) is 0.436. The van der Waals surface area contributed by atoms with E-state index in [0.717, 1.165) is 28.8 Å². The first-order valence-electron chi connectivity index (χ1n) is 9.01. The molecule has 29 heavy (non-hydrogen) atoms. The number of H-pyrrole nitrogens is 1. The van der Waals surface area contributed by atoms with Crippen LogP contribution in [0.4, 0.5) is 13.2 Å². The van der Waals surface area contributed by atoms with Gasteiger partial charge in [0.25, 0.3) is 0 Å². The van der Waals surface area contributed by atoms with Gasteiger partial charge in [0.15, 0.2) is 11.8 Å². The van der Waals surface area contributed by atoms with Gasteiger partial charge in [-0.25, -0.2) is 4.98 Å². The highest BCUT2D eigenvalue weighted by atomic mass is 19.4. The molecule has 0 aliphatic carbocycles. The molecule has 0 radical (unpaired) electrons. The Balaban J connectivity index is 1.48. The summed E-state index contributed by atoms with van der Waals surface area (Å²) in [6.45, 7) is 1.10. The second-order valence-corrected chi connectivity index (χ2v) is 6.33. The number of nitrogens with one attached hydrogen (secondary N) is 3. The lowest BCUT2D eigenvalue weighted by Gasteiger charge is -2.13. The molecule has 0 spiro atoms. The topological polar surface area (TPSA) is 78.0 Å². The van der Waals surface area contributed by atoms with E-state index < -0.39 is 11.7 Å². The number of nitrogens with zero attached hydrogens (tertiary/aromatic N) is 3. The Labute approximate surface area is 166 Å². The zero-order chi connectivity index (χ0) is 20.7. The van der Waals surface area contributed by atoms with Crippen LogP contribution in [0, 0.1) is 0 Å². The van der Waals surface area contributed by atoms with E-state index in [1.54, 1.807) is 7.05 Å². The molecule has 1 aromatic heterocycles. The van der Waals surface area contributed by atoms with Crippen molar-refractivity contribution in [3.05, 3.63) is 71.5 Å². The Hall–Kier alpha value is -3.36. The molecule has 0 amide bonds. The van der Waals surface area contributed by atoms with Crippen LogP contribution in [0.25, 0.3) is 11.4 Å². The number of rotatable bonds is 6. The number of halogens is 3. The van der Waals surface area contributed by atoms with Crippen molar-refractivity contribution in [1.82, 2.24) is 25.8 Å². The average Bonchev–Trinajstić information content (AvgIpc) is 3.25. The summed E-state index contributed by atoms with van der Waals surface area (Å²) in [4.78, 5) is 8.31. The maximum absolute atomic E-state index is 12.6. The second-order valence-electron chi connectivity index (χ2n) is 6.33. The highest BCUT2D eigenvalue weighted by molar-refractivity contribution is 5.79. The zero-order valence-corrected chi connectivity index (χ0v) is 15.8. The van der Waals surface area contributed by atoms with Crippen LogP contribution in [0.15, 0.2) is 59.9 Å². The van der Waals surface area contributed by atoms with Gasteiger partial charge in [-0.1, -0.05) is 30.3 Å². The summed E-state index contributed by atoms with van der Waals surface area (Å²) in [6.07, 6.45) is -2.27. The number of aliphatic imine (C=N–C) groups is 1. The third-order valence-electron chi connectivity index (χ3n) is 4.29. The van der Waals surface area contributed by atoms with Crippen LogP contribution in [0.1, 0.15) is 16.7 Å². The first kappa shape index (κ1) is 20.4. The lowest BCUT2D eigenvalue weighted by atomic mass is 10.1. The Kier molecular flexibility index (Phi) is 6.48. The molecule has 152 valence electrons. The predicted octanol–water partition coefficient (Wildman–Crippen LogP) is 3.40. The normalized spacial score (nSPS) is 12.1. The largest absolute Gasteiger partial charge is 0.416 e. The smallest absolute Gasteiger partial charge is 0.356 e. The lowest BCUT2D eigenvalue weighted by molar-refractivity contribution is -0.137. The van der Waals surface area contributed by atoms with Gasteiger partial charge in [-0.05, 0) is 35.7 Å². The van der Waals surface area contributed by atoms with Gasteiger partial charge < -0.3 is 10.6 Å². The fraction of sp³-hybridized carbons (Fsp3) is 0.250. The minimum Gasteiger partial charge on any atom is -0.356 e. The summed E-state index contributed by atoms with van der Waals surface area (Å²) in [5.74, 6) is 1.31. The predicted molar refractivity (Wildman–Crippen MR) is 105 cm³/mol. The zero-order valence-electron chi connectivity index (χ0n) is 15.8. The van der Waals surface area contributed by atoms with E-state index in [9.17, 15) is 13.2 Å². The van der Waals surface area contributed by atoms with E-state index in [1.807, 2.05) is 24.3 Å². The summed E-state index contributed by atoms with van der Waals surface area (Å²) in [5, 5.41) is 13.1. The maximum atomic E-state index is 12.6. The Bertz CT molecular complexity index is 934. The van der Waals surface area contributed by atoms with Crippen LogP contribution in [0.3, 0.4) is 0 Å². The molecular formula is C20H21F3N6. The summed E-state index contributed by atoms with van der Waals surface area (Å²) < 4.78 is 37.8. The molecule has 0 bridgehead atoms. The standard InChI is InChI=1S/C20H21F3N6/c1-24-19(25-10-9-14-5-7-17(8-6-14)20(21,22)23)26-12-15-3-2-4-16(11-15)18-27-13-28-29-18/h2-8,11,13H,9-10,12H2,1H3,(H2,24,25,26)(H,27,28,29). The molecule has 3 rings (SSSR count). The van der Waals surface area contributed by atoms with Crippen LogP contribution < -0.4 is 10.6 Å². The van der Waals surface area contributed by atoms with E-state index in [2.05, 4.69) is 30.8 Å². The van der Waals surface area contributed by atoms with Gasteiger partial charge in [0, 0.05) is 25.7 Å². The van der Waals surface area contributed by atoms with Gasteiger partial charge >= 0.3 is 6.18 Å². The first-order valence-corrected chi connectivity index (χ1v) is 9.01. The van der Waals surface area contributed by atoms with E-state index >= 15 is 0 Å². The Morgan fingerprint density at radius 2 is 1.86 bits per heavy atom. The fourth-order valence-electron chi connectivity index (χ4n) is 2.77. The molecule has 3 N–H and O–H groups in total. The summed E-state index contributed by atoms with van der Waals surface area (Å²) in [6, 6.07) is 13.1.